The Balaban J connectivity index is 0.000000206. The van der Waals surface area contributed by atoms with E-state index in [0.717, 1.165) is 76.1 Å². The van der Waals surface area contributed by atoms with Gasteiger partial charge in [0, 0.05) is 62.1 Å². The quantitative estimate of drug-likeness (QED) is 0.0254. The summed E-state index contributed by atoms with van der Waals surface area (Å²) < 4.78 is 67.3. The predicted octanol–water partition coefficient (Wildman–Crippen LogP) is 12.3. The second kappa shape index (κ2) is 33.7. The van der Waals surface area contributed by atoms with Gasteiger partial charge in [-0.1, -0.05) is 24.3 Å². The Bertz CT molecular complexity index is 4110. The molecule has 0 saturated carbocycles. The van der Waals surface area contributed by atoms with Crippen LogP contribution < -0.4 is 54.8 Å². The van der Waals surface area contributed by atoms with Gasteiger partial charge in [0.25, 0.3) is 5.69 Å². The number of carbonyl (C=O) groups excluding carboxylic acids is 4. The van der Waals surface area contributed by atoms with E-state index in [9.17, 15) is 38.1 Å². The molecule has 2 aliphatic carbocycles. The highest BCUT2D eigenvalue weighted by atomic mass is 19.1. The van der Waals surface area contributed by atoms with Gasteiger partial charge in [0.05, 0.1) is 46.2 Å². The number of hydrogen-bond donors (Lipinski definition) is 4. The molecule has 0 radical (unpaired) electrons. The highest BCUT2D eigenvalue weighted by molar-refractivity contribution is 6.09. The third-order valence-electron chi connectivity index (χ3n) is 17.0. The lowest BCUT2D eigenvalue weighted by Gasteiger charge is -2.29. The van der Waals surface area contributed by atoms with Crippen molar-refractivity contribution in [2.45, 2.75) is 77.5 Å². The Hall–Kier alpha value is -10.8. The number of likely N-dealkylation sites (tertiary alicyclic amines) is 2. The van der Waals surface area contributed by atoms with E-state index in [1.165, 1.54) is 103 Å². The number of non-ortho nitro benzene ring substituents is 1. The molecule has 7 aromatic rings. The van der Waals surface area contributed by atoms with Crippen molar-refractivity contribution in [3.63, 3.8) is 0 Å². The Morgan fingerprint density at radius 3 is 1.42 bits per heavy atom. The number of nitro groups is 1. The number of benzene rings is 5. The number of nitro benzene ring substituents is 1. The van der Waals surface area contributed by atoms with E-state index in [4.69, 9.17) is 38.9 Å². The van der Waals surface area contributed by atoms with Crippen LogP contribution >= 0.6 is 0 Å². The summed E-state index contributed by atoms with van der Waals surface area (Å²) >= 11 is 0. The van der Waals surface area contributed by atoms with Crippen molar-refractivity contribution in [2.24, 2.45) is 5.73 Å². The van der Waals surface area contributed by atoms with E-state index < -0.39 is 23.0 Å². The van der Waals surface area contributed by atoms with Crippen LogP contribution in [0, 0.1) is 21.7 Å². The maximum atomic E-state index is 14.4. The van der Waals surface area contributed by atoms with Crippen molar-refractivity contribution < 1.29 is 66.0 Å². The largest absolute Gasteiger partial charge is 0.519 e. The van der Waals surface area contributed by atoms with Gasteiger partial charge in [-0.2, -0.15) is 0 Å². The van der Waals surface area contributed by atoms with Gasteiger partial charge in [-0.05, 0) is 243 Å². The molecule has 3 amide bonds. The Kier molecular flexibility index (Phi) is 24.6. The van der Waals surface area contributed by atoms with E-state index in [-0.39, 0.29) is 71.0 Å². The van der Waals surface area contributed by atoms with Crippen LogP contribution in [0.5, 0.6) is 40.2 Å². The standard InChI is InChI=1S/C34H37FN4O5.C34H28FN3O8.C6H14N2/c1-21-27(26-8-7-24(35)17-29(26)28(21)18-32(40)37-20-22-6-5-11-36-19-22)14-23-15-30(42-3)33(31(16-23)43-4)44-34(41)38-25-9-12-39(2)13-10-25;1-20-27(26-11-6-23(35)16-29(26)28(20)17-32(39)37-19-21-5-4-12-36-18-21)13-22-14-30(43-2)33(31(15-22)44-3)46-34(40)45-25-9-7-24(8-10-25)38(41)42;1-8-4-2-6(7)3-5-8/h5-8,11,14-17,19,25H,9-10,12-13,18,20H2,1-4H3,(H,37,40)(H,38,41);4-16,18H,17,19H2,1-3H3,(H,37,39);6H,2-5,7H2,1H3/b27-14-;27-13-;. The second-order valence-electron chi connectivity index (χ2n) is 23.8. The lowest BCUT2D eigenvalue weighted by atomic mass is 10.00. The molecule has 4 heterocycles. The van der Waals surface area contributed by atoms with Crippen molar-refractivity contribution in [2.75, 3.05) is 68.7 Å². The molecule has 0 bridgehead atoms. The van der Waals surface area contributed by atoms with Gasteiger partial charge in [0.1, 0.15) is 17.4 Å². The number of amides is 3. The second-order valence-corrected chi connectivity index (χ2v) is 23.8. The first-order valence-corrected chi connectivity index (χ1v) is 31.7. The van der Waals surface area contributed by atoms with Crippen LogP contribution in [0.3, 0.4) is 0 Å². The monoisotopic (exact) mass is 1340 g/mol. The predicted molar refractivity (Wildman–Crippen MR) is 368 cm³/mol. The number of aromatic nitrogens is 2. The van der Waals surface area contributed by atoms with Crippen molar-refractivity contribution >= 4 is 64.2 Å². The molecule has 11 rings (SSSR count). The van der Waals surface area contributed by atoms with Crippen molar-refractivity contribution in [3.05, 3.63) is 211 Å². The average molecular weight is 1340 g/mol. The summed E-state index contributed by atoms with van der Waals surface area (Å²) in [4.78, 5) is 74.2. The zero-order valence-electron chi connectivity index (χ0n) is 55.9. The van der Waals surface area contributed by atoms with Crippen LogP contribution in [0.4, 0.5) is 24.1 Å². The SMILES string of the molecule is CN1CCC(N)CC1.COc1cc(/C=C2/C(C)=C(CC(=O)NCc3cccnc3)c3cc(F)ccc32)cc(OC)c1OC(=O)NC1CCN(C)CC1.COc1cc(/C=C2/C(C)=C(CC(=O)NCc3cccnc3)c3cc(F)ccc32)cc(OC)c1OC(=O)Oc1ccc([N+](=O)[O-])cc1. The van der Waals surface area contributed by atoms with Crippen molar-refractivity contribution in [3.8, 4) is 40.2 Å². The number of allylic oxidation sites excluding steroid dienone is 4. The lowest BCUT2D eigenvalue weighted by molar-refractivity contribution is -0.384. The van der Waals surface area contributed by atoms with Crippen LogP contribution in [-0.2, 0) is 22.7 Å². The summed E-state index contributed by atoms with van der Waals surface area (Å²) in [6, 6.07) is 28.6. The van der Waals surface area contributed by atoms with Crippen LogP contribution in [0.1, 0.15) is 96.9 Å². The number of pyridine rings is 2. The molecule has 4 aliphatic rings. The van der Waals surface area contributed by atoms with Crippen LogP contribution in [0.15, 0.2) is 145 Å². The van der Waals surface area contributed by atoms with Gasteiger partial charge in [-0.3, -0.25) is 29.7 Å². The number of piperidine rings is 2. The minimum absolute atomic E-state index is 0.0355. The fourth-order valence-electron chi connectivity index (χ4n) is 11.6. The molecule has 2 saturated heterocycles. The van der Waals surface area contributed by atoms with Gasteiger partial charge in [-0.25, -0.2) is 18.4 Å². The van der Waals surface area contributed by atoms with Gasteiger partial charge < -0.3 is 64.6 Å². The third kappa shape index (κ3) is 18.8. The average Bonchev–Trinajstić information content (AvgIpc) is 1.61. The number of hydrogen-bond acceptors (Lipinski definition) is 18. The van der Waals surface area contributed by atoms with E-state index in [2.05, 4.69) is 49.8 Å². The number of methoxy groups -OCH3 is 4. The number of halogens is 2. The van der Waals surface area contributed by atoms with Crippen molar-refractivity contribution in [1.82, 2.24) is 35.7 Å². The van der Waals surface area contributed by atoms with Gasteiger partial charge in [-0.15, -0.1) is 0 Å². The summed E-state index contributed by atoms with van der Waals surface area (Å²) in [5.41, 5.74) is 16.1. The zero-order chi connectivity index (χ0) is 70.0. The van der Waals surface area contributed by atoms with Crippen LogP contribution in [0.2, 0.25) is 0 Å². The Morgan fingerprint density at radius 1 is 0.592 bits per heavy atom. The van der Waals surface area contributed by atoms with E-state index in [1.54, 1.807) is 67.3 Å². The molecule has 24 heteroatoms. The molecule has 5 aromatic carbocycles. The minimum atomic E-state index is -1.12. The Morgan fingerprint density at radius 2 is 1.02 bits per heavy atom. The lowest BCUT2D eigenvalue weighted by Crippen LogP contribution is -2.44. The van der Waals surface area contributed by atoms with E-state index >= 15 is 0 Å². The first-order chi connectivity index (χ1) is 47.2. The third-order valence-corrected chi connectivity index (χ3v) is 17.0. The summed E-state index contributed by atoms with van der Waals surface area (Å²) in [5.74, 6) is -0.0888. The summed E-state index contributed by atoms with van der Waals surface area (Å²) in [7, 11) is 9.97. The summed E-state index contributed by atoms with van der Waals surface area (Å²) in [6.45, 7) is 8.63. The molecule has 2 fully saturated rings. The molecule has 0 spiro atoms. The summed E-state index contributed by atoms with van der Waals surface area (Å²) in [6.07, 6.45) is 13.0. The zero-order valence-corrected chi connectivity index (χ0v) is 55.9. The molecule has 5 N–H and O–H groups in total. The van der Waals surface area contributed by atoms with Crippen molar-refractivity contribution in [1.29, 1.82) is 0 Å². The van der Waals surface area contributed by atoms with Gasteiger partial charge >= 0.3 is 12.2 Å². The minimum Gasteiger partial charge on any atom is -0.493 e. The number of nitrogens with one attached hydrogen (secondary N) is 3. The van der Waals surface area contributed by atoms with Crippen LogP contribution in [0.25, 0.3) is 34.4 Å². The highest BCUT2D eigenvalue weighted by Crippen LogP contribution is 2.48. The molecule has 98 heavy (non-hydrogen) atoms. The van der Waals surface area contributed by atoms with E-state index in [1.807, 2.05) is 44.2 Å². The Labute approximate surface area is 567 Å². The number of carbonyl (C=O) groups is 4. The highest BCUT2D eigenvalue weighted by Gasteiger charge is 2.30. The van der Waals surface area contributed by atoms with Gasteiger partial charge in [0.2, 0.25) is 23.3 Å². The molecule has 2 aliphatic heterocycles. The molecule has 0 atom stereocenters. The molecular weight excluding hydrogens is 1260 g/mol. The number of nitrogens with zero attached hydrogens (tertiary/aromatic N) is 5. The molecule has 0 unspecified atom stereocenters. The van der Waals surface area contributed by atoms with Gasteiger partial charge in [0.15, 0.2) is 23.0 Å². The topological polar surface area (TPSA) is 270 Å². The summed E-state index contributed by atoms with van der Waals surface area (Å²) in [5, 5.41) is 19.6. The molecule has 512 valence electrons. The molecular formula is C74H79F2N9O13. The maximum absolute atomic E-state index is 14.4. The first-order valence-electron chi connectivity index (χ1n) is 31.7. The number of nitrogens with two attached hydrogens (primary N) is 1. The maximum Gasteiger partial charge on any atom is 0.519 e. The first kappa shape index (κ1) is 71.5. The fourth-order valence-corrected chi connectivity index (χ4v) is 11.6. The normalized spacial score (nSPS) is 15.4. The number of ether oxygens (including phenoxy) is 7. The number of fused-ring (bicyclic) bond motifs is 2. The molecule has 22 nitrogen and oxygen atoms in total. The fraction of sp³-hybridized carbons (Fsp3) is 0.297. The van der Waals surface area contributed by atoms with Crippen LogP contribution in [-0.4, -0.2) is 130 Å². The number of rotatable bonds is 19. The smallest absolute Gasteiger partial charge is 0.493 e. The van der Waals surface area contributed by atoms with E-state index in [0.29, 0.717) is 58.5 Å². The molecule has 2 aromatic heterocycles.